The molecule has 9 nitrogen and oxygen atoms in total. The van der Waals surface area contributed by atoms with E-state index in [1.807, 2.05) is 49.4 Å². The van der Waals surface area contributed by atoms with Crippen LogP contribution >= 0.6 is 11.8 Å². The average Bonchev–Trinajstić information content (AvgIpc) is 3.64. The number of amides is 3. The number of rotatable bonds is 7. The van der Waals surface area contributed by atoms with Crippen molar-refractivity contribution in [3.8, 4) is 34.7 Å². The second-order valence-electron chi connectivity index (χ2n) is 10.5. The van der Waals surface area contributed by atoms with Gasteiger partial charge in [-0.05, 0) is 72.5 Å². The van der Waals surface area contributed by atoms with Crippen molar-refractivity contribution in [2.45, 2.75) is 39.5 Å². The molecule has 1 aliphatic heterocycles. The van der Waals surface area contributed by atoms with Crippen LogP contribution in [-0.2, 0) is 4.79 Å². The van der Waals surface area contributed by atoms with Gasteiger partial charge in [0.25, 0.3) is 0 Å². The zero-order valence-electron chi connectivity index (χ0n) is 25.1. The summed E-state index contributed by atoms with van der Waals surface area (Å²) in [6.45, 7) is 6.35. The molecule has 13 heteroatoms. The van der Waals surface area contributed by atoms with Crippen LogP contribution in [0.3, 0.4) is 0 Å². The molecule has 0 unspecified atom stereocenters. The van der Waals surface area contributed by atoms with Crippen LogP contribution in [0.25, 0.3) is 17.1 Å². The molecule has 0 saturated carbocycles. The van der Waals surface area contributed by atoms with E-state index in [4.69, 9.17) is 0 Å². The van der Waals surface area contributed by atoms with Crippen LogP contribution in [0.2, 0.25) is 0 Å². The SMILES string of the molecule is Cc1cccc(C(C)C)c1N1C(=O)CS/C1=N\C(=O)NCCC#Cc1ccc(-c2ncn(-c3ccc(OC(F)(F)F)cc3)n2)cc1. The number of nitrogens with one attached hydrogen (secondary N) is 1. The molecule has 1 aliphatic rings. The number of benzene rings is 3. The fourth-order valence-electron chi connectivity index (χ4n) is 4.66. The van der Waals surface area contributed by atoms with Gasteiger partial charge in [0.05, 0.1) is 17.1 Å². The van der Waals surface area contributed by atoms with E-state index in [1.165, 1.54) is 47.0 Å². The first kappa shape index (κ1) is 32.3. The lowest BCUT2D eigenvalue weighted by molar-refractivity contribution is -0.274. The highest BCUT2D eigenvalue weighted by Crippen LogP contribution is 2.36. The van der Waals surface area contributed by atoms with Gasteiger partial charge in [-0.3, -0.25) is 9.69 Å². The Labute approximate surface area is 267 Å². The molecular weight excluding hydrogens is 617 g/mol. The number of aryl methyl sites for hydroxylation is 1. The molecule has 0 spiro atoms. The summed E-state index contributed by atoms with van der Waals surface area (Å²) in [5, 5.41) is 7.50. The average molecular weight is 647 g/mol. The monoisotopic (exact) mass is 646 g/mol. The number of alkyl halides is 3. The molecule has 5 rings (SSSR count). The van der Waals surface area contributed by atoms with Crippen molar-refractivity contribution in [1.82, 2.24) is 20.1 Å². The molecule has 2 heterocycles. The summed E-state index contributed by atoms with van der Waals surface area (Å²) >= 11 is 1.24. The second kappa shape index (κ2) is 13.9. The number of nitrogens with zero attached hydrogens (tertiary/aromatic N) is 5. The fraction of sp³-hybridized carbons (Fsp3) is 0.242. The van der Waals surface area contributed by atoms with Crippen molar-refractivity contribution < 1.29 is 27.5 Å². The van der Waals surface area contributed by atoms with Crippen LogP contribution in [0.15, 0.2) is 78.0 Å². The van der Waals surface area contributed by atoms with Crippen molar-refractivity contribution in [3.63, 3.8) is 0 Å². The Balaban J connectivity index is 1.14. The van der Waals surface area contributed by atoms with Gasteiger partial charge < -0.3 is 10.1 Å². The standard InChI is InChI=1S/C33H29F3N6O3S/c1-21(2)27-9-6-7-22(3)29(27)42-28(43)19-46-32(42)39-31(44)37-18-5-4-8-23-10-12-24(13-11-23)30-38-20-41(40-30)25-14-16-26(17-15-25)45-33(34,35)36/h6-7,9-17,20-21H,5,18-19H2,1-3H3,(H,37,44)/b39-32-. The van der Waals surface area contributed by atoms with Crippen molar-refractivity contribution in [3.05, 3.63) is 89.7 Å². The molecule has 0 radical (unpaired) electrons. The molecule has 1 aromatic heterocycles. The maximum atomic E-state index is 12.8. The zero-order chi connectivity index (χ0) is 32.8. The van der Waals surface area contributed by atoms with Crippen LogP contribution < -0.4 is 15.0 Å². The first-order valence-electron chi connectivity index (χ1n) is 14.3. The first-order chi connectivity index (χ1) is 22.0. The van der Waals surface area contributed by atoms with Crippen LogP contribution in [-0.4, -0.2) is 50.5 Å². The number of ether oxygens (including phenoxy) is 1. The summed E-state index contributed by atoms with van der Waals surface area (Å²) in [6.07, 6.45) is -2.90. The van der Waals surface area contributed by atoms with Crippen molar-refractivity contribution in [1.29, 1.82) is 0 Å². The molecule has 0 bridgehead atoms. The highest BCUT2D eigenvalue weighted by atomic mass is 32.2. The number of urea groups is 1. The van der Waals surface area contributed by atoms with E-state index in [0.29, 0.717) is 23.1 Å². The molecule has 1 fully saturated rings. The number of hydrogen-bond acceptors (Lipinski definition) is 6. The lowest BCUT2D eigenvalue weighted by atomic mass is 9.97. The molecule has 3 amide bonds. The summed E-state index contributed by atoms with van der Waals surface area (Å²) < 4.78 is 42.5. The van der Waals surface area contributed by atoms with Crippen molar-refractivity contribution in [2.24, 2.45) is 4.99 Å². The Morgan fingerprint density at radius 1 is 1.11 bits per heavy atom. The van der Waals surface area contributed by atoms with E-state index in [2.05, 4.69) is 50.8 Å². The Bertz CT molecular complexity index is 1820. The normalized spacial score (nSPS) is 14.0. The van der Waals surface area contributed by atoms with Gasteiger partial charge in [-0.1, -0.05) is 55.6 Å². The molecule has 0 atom stereocenters. The number of halogens is 3. The number of carbonyl (C=O) groups excluding carboxylic acids is 2. The number of thioether (sulfide) groups is 1. The minimum absolute atomic E-state index is 0.109. The summed E-state index contributed by atoms with van der Waals surface area (Å²) in [5.41, 5.74) is 4.76. The Kier molecular flexibility index (Phi) is 9.77. The third kappa shape index (κ3) is 7.94. The zero-order valence-corrected chi connectivity index (χ0v) is 25.9. The summed E-state index contributed by atoms with van der Waals surface area (Å²) in [4.78, 5) is 35.4. The van der Waals surface area contributed by atoms with Gasteiger partial charge in [0, 0.05) is 24.1 Å². The quantitative estimate of drug-likeness (QED) is 0.174. The summed E-state index contributed by atoms with van der Waals surface area (Å²) in [6, 6.07) is 17.9. The molecule has 46 heavy (non-hydrogen) atoms. The number of aliphatic imine (C=N–C) groups is 1. The van der Waals surface area contributed by atoms with Gasteiger partial charge in [0.15, 0.2) is 11.0 Å². The number of aromatic nitrogens is 3. The van der Waals surface area contributed by atoms with Gasteiger partial charge >= 0.3 is 12.4 Å². The van der Waals surface area contributed by atoms with E-state index in [-0.39, 0.29) is 29.9 Å². The third-order valence-electron chi connectivity index (χ3n) is 6.81. The highest BCUT2D eigenvalue weighted by Gasteiger charge is 2.33. The van der Waals surface area contributed by atoms with E-state index < -0.39 is 12.4 Å². The predicted molar refractivity (Wildman–Crippen MR) is 171 cm³/mol. The highest BCUT2D eigenvalue weighted by molar-refractivity contribution is 8.15. The Hall–Kier alpha value is -5.09. The molecule has 236 valence electrons. The van der Waals surface area contributed by atoms with Crippen LogP contribution in [0.4, 0.5) is 23.7 Å². The van der Waals surface area contributed by atoms with Crippen molar-refractivity contribution >= 4 is 34.6 Å². The number of amidine groups is 1. The van der Waals surface area contributed by atoms with E-state index in [0.717, 1.165) is 27.9 Å². The lowest BCUT2D eigenvalue weighted by Crippen LogP contribution is -2.33. The Morgan fingerprint density at radius 3 is 2.54 bits per heavy atom. The minimum Gasteiger partial charge on any atom is -0.406 e. The molecule has 0 aliphatic carbocycles. The molecule has 1 saturated heterocycles. The minimum atomic E-state index is -4.76. The summed E-state index contributed by atoms with van der Waals surface area (Å²) in [5.74, 6) is 6.49. The van der Waals surface area contributed by atoms with E-state index in [1.54, 1.807) is 4.90 Å². The van der Waals surface area contributed by atoms with Gasteiger partial charge in [-0.25, -0.2) is 14.5 Å². The van der Waals surface area contributed by atoms with Gasteiger partial charge in [0.1, 0.15) is 12.1 Å². The van der Waals surface area contributed by atoms with Crippen LogP contribution in [0.1, 0.15) is 42.9 Å². The Morgan fingerprint density at radius 2 is 1.85 bits per heavy atom. The number of para-hydroxylation sites is 1. The van der Waals surface area contributed by atoms with Crippen molar-refractivity contribution in [2.75, 3.05) is 17.2 Å². The van der Waals surface area contributed by atoms with Gasteiger partial charge in [-0.15, -0.1) is 18.3 Å². The smallest absolute Gasteiger partial charge is 0.406 e. The number of anilines is 1. The van der Waals surface area contributed by atoms with E-state index in [9.17, 15) is 22.8 Å². The first-order valence-corrected chi connectivity index (χ1v) is 15.3. The number of carbonyl (C=O) groups is 2. The van der Waals surface area contributed by atoms with E-state index >= 15 is 0 Å². The fourth-order valence-corrected chi connectivity index (χ4v) is 5.51. The molecule has 1 N–H and O–H groups in total. The number of hydrogen-bond donors (Lipinski definition) is 1. The molecule has 4 aromatic rings. The largest absolute Gasteiger partial charge is 0.573 e. The second-order valence-corrected chi connectivity index (χ2v) is 11.4. The molecule has 3 aromatic carbocycles. The predicted octanol–water partition coefficient (Wildman–Crippen LogP) is 6.85. The maximum absolute atomic E-state index is 12.8. The van der Waals surface area contributed by atoms with Gasteiger partial charge in [-0.2, -0.15) is 4.99 Å². The third-order valence-corrected chi connectivity index (χ3v) is 7.73. The van der Waals surface area contributed by atoms with Gasteiger partial charge in [0.2, 0.25) is 5.91 Å². The topological polar surface area (TPSA) is 102 Å². The maximum Gasteiger partial charge on any atom is 0.573 e. The molecular formula is C33H29F3N6O3S. The van der Waals surface area contributed by atoms with Crippen LogP contribution in [0.5, 0.6) is 5.75 Å². The lowest BCUT2D eigenvalue weighted by Gasteiger charge is -2.23. The summed E-state index contributed by atoms with van der Waals surface area (Å²) in [7, 11) is 0. The van der Waals surface area contributed by atoms with Crippen LogP contribution in [0, 0.1) is 18.8 Å².